The van der Waals surface area contributed by atoms with Gasteiger partial charge < -0.3 is 10.2 Å². The first-order chi connectivity index (χ1) is 8.70. The molecule has 0 aromatic carbocycles. The third-order valence-corrected chi connectivity index (χ3v) is 3.83. The number of hydrogen-bond acceptors (Lipinski definition) is 4. The van der Waals surface area contributed by atoms with Crippen molar-refractivity contribution >= 4 is 5.95 Å². The highest BCUT2D eigenvalue weighted by molar-refractivity contribution is 5.30. The number of nitrogens with zero attached hydrogens (tertiary/aromatic N) is 3. The molecule has 4 heteroatoms. The third kappa shape index (κ3) is 3.19. The zero-order valence-electron chi connectivity index (χ0n) is 11.7. The predicted molar refractivity (Wildman–Crippen MR) is 74.9 cm³/mol. The normalized spacial score (nSPS) is 23.9. The lowest BCUT2D eigenvalue weighted by molar-refractivity contribution is 0.339. The molecule has 0 amide bonds. The van der Waals surface area contributed by atoms with Crippen LogP contribution in [0.25, 0.3) is 0 Å². The first-order valence-electron chi connectivity index (χ1n) is 6.96. The molecule has 18 heavy (non-hydrogen) atoms. The molecule has 0 saturated heterocycles. The number of aryl methyl sites for hydroxylation is 1. The van der Waals surface area contributed by atoms with Crippen molar-refractivity contribution < 1.29 is 0 Å². The quantitative estimate of drug-likeness (QED) is 0.886. The Bertz CT molecular complexity index is 372. The Hall–Kier alpha value is -1.16. The molecule has 4 nitrogen and oxygen atoms in total. The summed E-state index contributed by atoms with van der Waals surface area (Å²) in [7, 11) is 2.12. The van der Waals surface area contributed by atoms with E-state index in [0.717, 1.165) is 18.2 Å². The maximum absolute atomic E-state index is 4.50. The first kappa shape index (κ1) is 13.3. The molecule has 1 N–H and O–H groups in total. The zero-order chi connectivity index (χ0) is 13.0. The molecule has 1 aromatic rings. The number of rotatable bonds is 4. The highest BCUT2D eigenvalue weighted by Gasteiger charge is 2.24. The second-order valence-electron chi connectivity index (χ2n) is 5.17. The van der Waals surface area contributed by atoms with E-state index in [1.165, 1.54) is 25.7 Å². The van der Waals surface area contributed by atoms with Crippen molar-refractivity contribution in [2.45, 2.75) is 51.6 Å². The average molecular weight is 248 g/mol. The molecule has 0 unspecified atom stereocenters. The van der Waals surface area contributed by atoms with Crippen LogP contribution in [0.5, 0.6) is 0 Å². The molecule has 1 aliphatic carbocycles. The molecule has 1 heterocycles. The van der Waals surface area contributed by atoms with Crippen LogP contribution in [0.2, 0.25) is 0 Å². The summed E-state index contributed by atoms with van der Waals surface area (Å²) in [4.78, 5) is 11.1. The Kier molecular flexibility index (Phi) is 4.53. The van der Waals surface area contributed by atoms with Crippen molar-refractivity contribution in [2.75, 3.05) is 18.5 Å². The van der Waals surface area contributed by atoms with Crippen molar-refractivity contribution in [3.63, 3.8) is 0 Å². The summed E-state index contributed by atoms with van der Waals surface area (Å²) in [6, 6.07) is 3.24. The Balaban J connectivity index is 1.93. The van der Waals surface area contributed by atoms with E-state index >= 15 is 0 Å². The zero-order valence-corrected chi connectivity index (χ0v) is 11.7. The van der Waals surface area contributed by atoms with Gasteiger partial charge in [0.15, 0.2) is 0 Å². The van der Waals surface area contributed by atoms with Gasteiger partial charge in [-0.25, -0.2) is 9.97 Å². The Morgan fingerprint density at radius 2 is 2.06 bits per heavy atom. The van der Waals surface area contributed by atoms with Crippen molar-refractivity contribution in [1.82, 2.24) is 15.3 Å². The fourth-order valence-electron chi connectivity index (χ4n) is 2.72. The predicted octanol–water partition coefficient (Wildman–Crippen LogP) is 2.14. The van der Waals surface area contributed by atoms with Gasteiger partial charge in [0, 0.05) is 31.0 Å². The minimum atomic E-state index is 0.585. The van der Waals surface area contributed by atoms with Crippen LogP contribution in [0.3, 0.4) is 0 Å². The molecule has 1 aliphatic rings. The van der Waals surface area contributed by atoms with Gasteiger partial charge in [0.05, 0.1) is 0 Å². The summed E-state index contributed by atoms with van der Waals surface area (Å²) in [5, 5.41) is 3.54. The van der Waals surface area contributed by atoms with Crippen LogP contribution in [0.4, 0.5) is 5.95 Å². The van der Waals surface area contributed by atoms with Gasteiger partial charge >= 0.3 is 0 Å². The SMILES string of the molecule is CCNC1CCC(N(C)c2nccc(C)n2)CC1. The molecule has 0 radical (unpaired) electrons. The number of hydrogen-bond donors (Lipinski definition) is 1. The molecule has 0 bridgehead atoms. The first-order valence-corrected chi connectivity index (χ1v) is 6.96. The fourth-order valence-corrected chi connectivity index (χ4v) is 2.72. The van der Waals surface area contributed by atoms with Gasteiger partial charge in [0.1, 0.15) is 0 Å². The minimum absolute atomic E-state index is 0.585. The molecule has 2 rings (SSSR count). The van der Waals surface area contributed by atoms with Crippen molar-refractivity contribution in [3.05, 3.63) is 18.0 Å². The second-order valence-corrected chi connectivity index (χ2v) is 5.17. The van der Waals surface area contributed by atoms with E-state index in [2.05, 4.69) is 34.2 Å². The van der Waals surface area contributed by atoms with E-state index < -0.39 is 0 Å². The molecule has 1 fully saturated rings. The molecule has 0 spiro atoms. The lowest BCUT2D eigenvalue weighted by atomic mass is 9.90. The largest absolute Gasteiger partial charge is 0.341 e. The Morgan fingerprint density at radius 1 is 1.33 bits per heavy atom. The molecule has 0 aliphatic heterocycles. The van der Waals surface area contributed by atoms with Gasteiger partial charge in [-0.15, -0.1) is 0 Å². The summed E-state index contributed by atoms with van der Waals surface area (Å²) >= 11 is 0. The molecular formula is C14H24N4. The van der Waals surface area contributed by atoms with Crippen LogP contribution in [-0.4, -0.2) is 35.6 Å². The monoisotopic (exact) mass is 248 g/mol. The lowest BCUT2D eigenvalue weighted by Crippen LogP contribution is -2.41. The smallest absolute Gasteiger partial charge is 0.225 e. The second kappa shape index (κ2) is 6.14. The van der Waals surface area contributed by atoms with Crippen molar-refractivity contribution in [1.29, 1.82) is 0 Å². The van der Waals surface area contributed by atoms with Crippen LogP contribution in [0.1, 0.15) is 38.3 Å². The molecule has 1 aromatic heterocycles. The van der Waals surface area contributed by atoms with E-state index in [9.17, 15) is 0 Å². The summed E-state index contributed by atoms with van der Waals surface area (Å²) in [5.74, 6) is 0.863. The van der Waals surface area contributed by atoms with Crippen LogP contribution in [0.15, 0.2) is 12.3 Å². The third-order valence-electron chi connectivity index (χ3n) is 3.83. The molecule has 100 valence electrons. The summed E-state index contributed by atoms with van der Waals surface area (Å²) in [6.45, 7) is 5.27. The van der Waals surface area contributed by atoms with Gasteiger partial charge in [-0.1, -0.05) is 6.92 Å². The van der Waals surface area contributed by atoms with E-state index in [1.807, 2.05) is 19.2 Å². The van der Waals surface area contributed by atoms with E-state index in [1.54, 1.807) is 0 Å². The standard InChI is InChI=1S/C14H24N4/c1-4-15-12-5-7-13(8-6-12)18(3)14-16-10-9-11(2)17-14/h9-10,12-13,15H,4-8H2,1-3H3. The molecular weight excluding hydrogens is 224 g/mol. The minimum Gasteiger partial charge on any atom is -0.341 e. The van der Waals surface area contributed by atoms with Crippen molar-refractivity contribution in [3.8, 4) is 0 Å². The van der Waals surface area contributed by atoms with E-state index in [-0.39, 0.29) is 0 Å². The molecule has 1 saturated carbocycles. The number of aromatic nitrogens is 2. The summed E-state index contributed by atoms with van der Waals surface area (Å²) < 4.78 is 0. The van der Waals surface area contributed by atoms with Gasteiger partial charge in [-0.05, 0) is 45.2 Å². The van der Waals surface area contributed by atoms with Gasteiger partial charge in [0.2, 0.25) is 5.95 Å². The lowest BCUT2D eigenvalue weighted by Gasteiger charge is -2.35. The van der Waals surface area contributed by atoms with Crippen molar-refractivity contribution in [2.24, 2.45) is 0 Å². The highest BCUT2D eigenvalue weighted by Crippen LogP contribution is 2.24. The molecule has 0 atom stereocenters. The van der Waals surface area contributed by atoms with Crippen LogP contribution in [-0.2, 0) is 0 Å². The summed E-state index contributed by atoms with van der Waals surface area (Å²) in [6.07, 6.45) is 6.82. The van der Waals surface area contributed by atoms with Crippen LogP contribution in [0, 0.1) is 6.92 Å². The fraction of sp³-hybridized carbons (Fsp3) is 0.714. The maximum atomic E-state index is 4.50. The number of anilines is 1. The van der Waals surface area contributed by atoms with Gasteiger partial charge in [-0.3, -0.25) is 0 Å². The number of nitrogens with one attached hydrogen (secondary N) is 1. The Labute approximate surface area is 110 Å². The summed E-state index contributed by atoms with van der Waals surface area (Å²) in [5.41, 5.74) is 1.04. The van der Waals surface area contributed by atoms with Crippen LogP contribution >= 0.6 is 0 Å². The average Bonchev–Trinajstić information content (AvgIpc) is 2.39. The van der Waals surface area contributed by atoms with Crippen LogP contribution < -0.4 is 10.2 Å². The van der Waals surface area contributed by atoms with E-state index in [4.69, 9.17) is 0 Å². The Morgan fingerprint density at radius 3 is 2.67 bits per heavy atom. The van der Waals surface area contributed by atoms with E-state index in [0.29, 0.717) is 12.1 Å². The van der Waals surface area contributed by atoms with Gasteiger partial charge in [-0.2, -0.15) is 0 Å². The maximum Gasteiger partial charge on any atom is 0.225 e. The topological polar surface area (TPSA) is 41.0 Å². The highest BCUT2D eigenvalue weighted by atomic mass is 15.2. The van der Waals surface area contributed by atoms with Gasteiger partial charge in [0.25, 0.3) is 0 Å².